The van der Waals surface area contributed by atoms with Crippen LogP contribution in [-0.2, 0) is 18.9 Å². The highest BCUT2D eigenvalue weighted by Gasteiger charge is 2.31. The van der Waals surface area contributed by atoms with Crippen LogP contribution in [0.25, 0.3) is 22.3 Å². The molecule has 0 bridgehead atoms. The summed E-state index contributed by atoms with van der Waals surface area (Å²) in [5, 5.41) is 5.77. The van der Waals surface area contributed by atoms with Crippen LogP contribution in [0.4, 0.5) is 22.7 Å². The van der Waals surface area contributed by atoms with Crippen LogP contribution < -0.4 is 31.6 Å². The lowest BCUT2D eigenvalue weighted by Gasteiger charge is -2.32. The Bertz CT molecular complexity index is 2340. The second kappa shape index (κ2) is 15.9. The smallest absolute Gasteiger partial charge is 0.272 e. The quantitative estimate of drug-likeness (QED) is 0.0868. The zero-order valence-electron chi connectivity index (χ0n) is 31.5. The minimum Gasteiger partial charge on any atom is -0.493 e. The minimum absolute atomic E-state index is 0.0108. The van der Waals surface area contributed by atoms with Gasteiger partial charge in [0, 0.05) is 74.2 Å². The molecule has 6 N–H and O–H groups in total. The van der Waals surface area contributed by atoms with Gasteiger partial charge >= 0.3 is 0 Å². The third-order valence-corrected chi connectivity index (χ3v) is 10.1. The average Bonchev–Trinajstić information content (AvgIpc) is 3.70. The number of aromatic nitrogens is 2. The van der Waals surface area contributed by atoms with E-state index in [0.717, 1.165) is 36.0 Å². The van der Waals surface area contributed by atoms with Gasteiger partial charge in [0.05, 0.1) is 36.7 Å². The summed E-state index contributed by atoms with van der Waals surface area (Å²) in [5.41, 5.74) is 18.2. The first kappa shape index (κ1) is 37.5. The molecule has 3 aromatic carbocycles. The van der Waals surface area contributed by atoms with Gasteiger partial charge in [0.25, 0.3) is 17.7 Å². The van der Waals surface area contributed by atoms with Crippen molar-refractivity contribution in [1.29, 1.82) is 0 Å². The number of anilines is 3. The second-order valence-corrected chi connectivity index (χ2v) is 14.0. The number of nitrogens with zero attached hydrogens (tertiary/aromatic N) is 4. The van der Waals surface area contributed by atoms with E-state index in [-0.39, 0.29) is 36.8 Å². The van der Waals surface area contributed by atoms with E-state index < -0.39 is 5.91 Å². The molecule has 7 rings (SSSR count). The van der Waals surface area contributed by atoms with Crippen LogP contribution in [0.5, 0.6) is 11.5 Å². The number of hydrogen-bond donors (Lipinski definition) is 4. The van der Waals surface area contributed by atoms with Gasteiger partial charge in [-0.3, -0.25) is 24.2 Å². The number of fused-ring (bicyclic) bond motifs is 2. The van der Waals surface area contributed by atoms with Crippen molar-refractivity contribution in [3.05, 3.63) is 96.1 Å². The number of piperidine rings is 1. The van der Waals surface area contributed by atoms with Gasteiger partial charge in [-0.1, -0.05) is 24.3 Å². The van der Waals surface area contributed by atoms with Gasteiger partial charge in [0.2, 0.25) is 5.91 Å². The number of carbonyl (C=O) groups is 4. The first-order valence-corrected chi connectivity index (χ1v) is 18.4. The summed E-state index contributed by atoms with van der Waals surface area (Å²) in [6.07, 6.45) is 8.88. The Balaban J connectivity index is 0.944. The van der Waals surface area contributed by atoms with Gasteiger partial charge in [0.15, 0.2) is 11.5 Å². The second-order valence-electron chi connectivity index (χ2n) is 14.0. The monoisotopic (exact) mass is 756 g/mol. The van der Waals surface area contributed by atoms with Crippen molar-refractivity contribution in [2.75, 3.05) is 36.6 Å². The molecule has 1 fully saturated rings. The zero-order valence-corrected chi connectivity index (χ0v) is 31.5. The maximum atomic E-state index is 13.3. The SMILES string of the molecule is COc1cc2c(cc1OCCCC(=O)Nc1cc(C(=O)Nc3ccc(-c4cn(C)c(C(N)=O)c4-c4ccc(N)cc4)cc3)n(C)c1)N=CC1CCCCN1C2=O. The largest absolute Gasteiger partial charge is 0.493 e. The molecule has 14 nitrogen and oxygen atoms in total. The van der Waals surface area contributed by atoms with Crippen LogP contribution >= 0.6 is 0 Å². The lowest BCUT2D eigenvalue weighted by atomic mass is 9.96. The third-order valence-electron chi connectivity index (χ3n) is 10.1. The fourth-order valence-electron chi connectivity index (χ4n) is 7.29. The zero-order chi connectivity index (χ0) is 39.5. The van der Waals surface area contributed by atoms with E-state index >= 15 is 0 Å². The van der Waals surface area contributed by atoms with Gasteiger partial charge in [-0.25, -0.2) is 0 Å². The van der Waals surface area contributed by atoms with Crippen LogP contribution in [0.3, 0.4) is 0 Å². The van der Waals surface area contributed by atoms with Crippen LogP contribution in [-0.4, -0.2) is 70.2 Å². The molecule has 4 heterocycles. The highest BCUT2D eigenvalue weighted by Crippen LogP contribution is 2.39. The molecule has 1 atom stereocenters. The van der Waals surface area contributed by atoms with Crippen LogP contribution in [0, 0.1) is 0 Å². The van der Waals surface area contributed by atoms with Gasteiger partial charge in [-0.15, -0.1) is 0 Å². The fourth-order valence-corrected chi connectivity index (χ4v) is 7.29. The Morgan fingerprint density at radius 1 is 0.875 bits per heavy atom. The van der Waals surface area contributed by atoms with Crippen LogP contribution in [0.1, 0.15) is 63.4 Å². The molecular weight excluding hydrogens is 713 g/mol. The van der Waals surface area contributed by atoms with E-state index in [0.29, 0.717) is 69.7 Å². The number of aryl methyl sites for hydroxylation is 2. The number of benzene rings is 3. The van der Waals surface area contributed by atoms with Crippen molar-refractivity contribution >= 4 is 52.6 Å². The highest BCUT2D eigenvalue weighted by atomic mass is 16.5. The number of amides is 4. The molecule has 0 radical (unpaired) electrons. The molecule has 1 unspecified atom stereocenters. The number of primary amides is 1. The molecule has 2 aliphatic rings. The van der Waals surface area contributed by atoms with Crippen LogP contribution in [0.15, 0.2) is 84.1 Å². The molecule has 2 aromatic heterocycles. The molecular formula is C42H44N8O6. The number of ether oxygens (including phenoxy) is 2. The summed E-state index contributed by atoms with van der Waals surface area (Å²) in [5.74, 6) is -0.326. The van der Waals surface area contributed by atoms with Crippen molar-refractivity contribution < 1.29 is 28.7 Å². The summed E-state index contributed by atoms with van der Waals surface area (Å²) in [6.45, 7) is 0.936. The van der Waals surface area contributed by atoms with E-state index in [1.807, 2.05) is 41.6 Å². The maximum Gasteiger partial charge on any atom is 0.272 e. The molecule has 0 saturated carbocycles. The molecule has 56 heavy (non-hydrogen) atoms. The molecule has 288 valence electrons. The Morgan fingerprint density at radius 3 is 2.36 bits per heavy atom. The van der Waals surface area contributed by atoms with Gasteiger partial charge in [-0.2, -0.15) is 0 Å². The Labute approximate surface area is 324 Å². The Hall–Kier alpha value is -6.83. The number of nitrogens with two attached hydrogens (primary N) is 2. The lowest BCUT2D eigenvalue weighted by molar-refractivity contribution is -0.116. The molecule has 0 spiro atoms. The van der Waals surface area contributed by atoms with E-state index in [1.165, 1.54) is 7.11 Å². The standard InChI is InChI=1S/C42H44N8O6/c1-48-23-29(46-37(51)8-6-18-56-36-21-33-31(20-35(36)55-3)42(54)50-17-5-4-7-30(50)22-45-33)19-34(48)41(53)47-28-15-11-25(12-16-28)32-24-49(2)39(40(44)52)38(32)26-9-13-27(43)14-10-26/h9-16,19-24,30H,4-8,17-18,43H2,1-3H3,(H2,44,52)(H,46,51)(H,47,53). The van der Waals surface area contributed by atoms with Gasteiger partial charge in [-0.05, 0) is 73.2 Å². The van der Waals surface area contributed by atoms with E-state index in [4.69, 9.17) is 20.9 Å². The molecule has 5 aromatic rings. The van der Waals surface area contributed by atoms with E-state index in [1.54, 1.807) is 71.9 Å². The third kappa shape index (κ3) is 7.71. The normalized spacial score (nSPS) is 14.7. The summed E-state index contributed by atoms with van der Waals surface area (Å²) < 4.78 is 14.9. The van der Waals surface area contributed by atoms with E-state index in [9.17, 15) is 19.2 Å². The van der Waals surface area contributed by atoms with Gasteiger partial charge in [0.1, 0.15) is 11.4 Å². The van der Waals surface area contributed by atoms with Crippen molar-refractivity contribution in [1.82, 2.24) is 14.0 Å². The number of carbonyl (C=O) groups excluding carboxylic acids is 4. The molecule has 14 heteroatoms. The lowest BCUT2D eigenvalue weighted by Crippen LogP contribution is -2.43. The minimum atomic E-state index is -0.550. The van der Waals surface area contributed by atoms with Crippen molar-refractivity contribution in [3.63, 3.8) is 0 Å². The van der Waals surface area contributed by atoms with E-state index in [2.05, 4.69) is 15.6 Å². The van der Waals surface area contributed by atoms with Crippen LogP contribution in [0.2, 0.25) is 0 Å². The molecule has 0 aliphatic carbocycles. The number of nitrogen functional groups attached to an aromatic ring is 1. The predicted octanol–water partition coefficient (Wildman–Crippen LogP) is 6.15. The molecule has 2 aliphatic heterocycles. The number of aliphatic imine (C=N–C) groups is 1. The molecule has 4 amide bonds. The Kier molecular flexibility index (Phi) is 10.6. The first-order chi connectivity index (χ1) is 27.0. The fraction of sp³-hybridized carbons (Fsp3) is 0.262. The summed E-state index contributed by atoms with van der Waals surface area (Å²) >= 11 is 0. The number of rotatable bonds is 12. The van der Waals surface area contributed by atoms with Crippen molar-refractivity contribution in [2.24, 2.45) is 24.8 Å². The van der Waals surface area contributed by atoms with Crippen molar-refractivity contribution in [2.45, 2.75) is 38.1 Å². The predicted molar refractivity (Wildman–Crippen MR) is 216 cm³/mol. The maximum absolute atomic E-state index is 13.3. The summed E-state index contributed by atoms with van der Waals surface area (Å²) in [7, 11) is 5.01. The number of hydrogen-bond acceptors (Lipinski definition) is 8. The highest BCUT2D eigenvalue weighted by molar-refractivity contribution is 6.06. The Morgan fingerprint density at radius 2 is 1.62 bits per heavy atom. The number of nitrogens with one attached hydrogen (secondary N) is 2. The molecule has 1 saturated heterocycles. The number of methoxy groups -OCH3 is 1. The summed E-state index contributed by atoms with van der Waals surface area (Å²) in [6, 6.07) is 19.5. The summed E-state index contributed by atoms with van der Waals surface area (Å²) in [4.78, 5) is 58.3. The van der Waals surface area contributed by atoms with Gasteiger partial charge < -0.3 is 45.6 Å². The first-order valence-electron chi connectivity index (χ1n) is 18.4. The van der Waals surface area contributed by atoms with Crippen molar-refractivity contribution in [3.8, 4) is 33.8 Å². The average molecular weight is 757 g/mol. The topological polar surface area (TPSA) is 188 Å².